The van der Waals surface area contributed by atoms with Crippen LogP contribution in [-0.4, -0.2) is 24.3 Å². The van der Waals surface area contributed by atoms with E-state index in [4.69, 9.17) is 9.15 Å². The molecular weight excluding hydrogens is 471 g/mol. The minimum Gasteiger partial charge on any atom is -0.504 e. The maximum atomic E-state index is 12.4. The van der Waals surface area contributed by atoms with Gasteiger partial charge in [-0.2, -0.15) is 0 Å². The van der Waals surface area contributed by atoms with Gasteiger partial charge in [-0.05, 0) is 57.6 Å². The number of aromatic hydroxyl groups is 1. The van der Waals surface area contributed by atoms with Gasteiger partial charge in [0.1, 0.15) is 5.58 Å². The molecule has 0 unspecified atom stereocenters. The van der Waals surface area contributed by atoms with Gasteiger partial charge in [-0.25, -0.2) is 0 Å². The number of ether oxygens (including phenoxy) is 1. The van der Waals surface area contributed by atoms with Crippen molar-refractivity contribution in [2.24, 2.45) is 0 Å². The molecule has 0 bridgehead atoms. The molecule has 1 heterocycles. The van der Waals surface area contributed by atoms with Crippen LogP contribution in [0.1, 0.15) is 16.1 Å². The number of hydrogen-bond donors (Lipinski definition) is 3. The van der Waals surface area contributed by atoms with Crippen LogP contribution in [0, 0.1) is 3.57 Å². The molecule has 6 nitrogen and oxygen atoms in total. The predicted octanol–water partition coefficient (Wildman–Crippen LogP) is 2.75. The average molecular weight is 487 g/mol. The number of fused-ring (bicyclic) bond motifs is 3. The van der Waals surface area contributed by atoms with Gasteiger partial charge in [0, 0.05) is 10.9 Å². The second-order valence-electron chi connectivity index (χ2n) is 6.11. The fourth-order valence-electron chi connectivity index (χ4n) is 2.98. The summed E-state index contributed by atoms with van der Waals surface area (Å²) < 4.78 is 11.5. The molecule has 0 spiro atoms. The van der Waals surface area contributed by atoms with Gasteiger partial charge in [0.2, 0.25) is 0 Å². The Hall–Kier alpha value is -3.07. The van der Waals surface area contributed by atoms with Crippen molar-refractivity contribution in [2.75, 3.05) is 7.11 Å². The highest BCUT2D eigenvalue weighted by molar-refractivity contribution is 14.1. The SMILES string of the molecule is COc1cc(/C=[NH+]/NC(=O)c2cc3c(ccc4ccccc43)o2)cc(I)c1O. The van der Waals surface area contributed by atoms with Crippen LogP contribution >= 0.6 is 22.6 Å². The van der Waals surface area contributed by atoms with Gasteiger partial charge < -0.3 is 14.3 Å². The maximum absolute atomic E-state index is 12.4. The van der Waals surface area contributed by atoms with Crippen molar-refractivity contribution in [1.29, 1.82) is 0 Å². The van der Waals surface area contributed by atoms with Crippen LogP contribution in [0.5, 0.6) is 11.5 Å². The van der Waals surface area contributed by atoms with E-state index in [0.29, 0.717) is 14.9 Å². The fraction of sp³-hybridized carbons (Fsp3) is 0.0476. The van der Waals surface area contributed by atoms with Gasteiger partial charge in [-0.3, -0.25) is 4.79 Å². The molecule has 7 heteroatoms. The molecule has 0 fully saturated rings. The molecule has 4 rings (SSSR count). The number of phenolic OH excluding ortho intramolecular Hbond substituents is 1. The van der Waals surface area contributed by atoms with Gasteiger partial charge in [0.25, 0.3) is 0 Å². The standard InChI is InChI=1S/C21H15IN2O4/c1-27-18-9-12(8-16(22)20(18)25)11-23-24-21(26)19-10-15-14-5-3-2-4-13(14)6-7-17(15)28-19/h2-11,25H,1H3,(H,24,26)/p+1/b23-11+. The Balaban J connectivity index is 1.56. The molecule has 0 aliphatic rings. The Morgan fingerprint density at radius 2 is 2.00 bits per heavy atom. The summed E-state index contributed by atoms with van der Waals surface area (Å²) in [5.41, 5.74) is 3.97. The first-order chi connectivity index (χ1) is 13.6. The zero-order valence-corrected chi connectivity index (χ0v) is 17.0. The van der Waals surface area contributed by atoms with E-state index in [-0.39, 0.29) is 11.5 Å². The summed E-state index contributed by atoms with van der Waals surface area (Å²) in [4.78, 5) is 12.4. The molecule has 0 atom stereocenters. The first-order valence-electron chi connectivity index (χ1n) is 8.43. The summed E-state index contributed by atoms with van der Waals surface area (Å²) in [5.74, 6) is 0.260. The van der Waals surface area contributed by atoms with E-state index in [9.17, 15) is 9.90 Å². The summed E-state index contributed by atoms with van der Waals surface area (Å²) in [5, 5.41) is 15.7. The number of rotatable bonds is 4. The Kier molecular flexibility index (Phi) is 4.91. The van der Waals surface area contributed by atoms with E-state index in [2.05, 4.69) is 10.5 Å². The van der Waals surface area contributed by atoms with Crippen LogP contribution in [0.3, 0.4) is 0 Å². The summed E-state index contributed by atoms with van der Waals surface area (Å²) in [6.45, 7) is 0. The normalized spacial score (nSPS) is 11.4. The average Bonchev–Trinajstić information content (AvgIpc) is 3.15. The molecule has 0 aliphatic heterocycles. The van der Waals surface area contributed by atoms with Crippen molar-refractivity contribution in [3.63, 3.8) is 0 Å². The summed E-state index contributed by atoms with van der Waals surface area (Å²) in [6, 6.07) is 16.9. The lowest BCUT2D eigenvalue weighted by Crippen LogP contribution is -2.81. The number of amides is 1. The number of furan rings is 1. The van der Waals surface area contributed by atoms with Crippen molar-refractivity contribution >= 4 is 56.5 Å². The van der Waals surface area contributed by atoms with Crippen molar-refractivity contribution < 1.29 is 24.2 Å². The van der Waals surface area contributed by atoms with Crippen molar-refractivity contribution in [2.45, 2.75) is 0 Å². The van der Waals surface area contributed by atoms with Crippen molar-refractivity contribution in [3.05, 3.63) is 69.5 Å². The molecule has 140 valence electrons. The second-order valence-corrected chi connectivity index (χ2v) is 7.27. The van der Waals surface area contributed by atoms with Crippen LogP contribution in [0.25, 0.3) is 21.7 Å². The van der Waals surface area contributed by atoms with Gasteiger partial charge in [-0.1, -0.05) is 30.3 Å². The molecule has 1 amide bonds. The van der Waals surface area contributed by atoms with Gasteiger partial charge >= 0.3 is 5.91 Å². The van der Waals surface area contributed by atoms with E-state index in [1.54, 1.807) is 24.4 Å². The van der Waals surface area contributed by atoms with E-state index in [1.165, 1.54) is 7.11 Å². The first-order valence-corrected chi connectivity index (χ1v) is 9.51. The second kappa shape index (κ2) is 7.51. The van der Waals surface area contributed by atoms with Crippen LogP contribution in [0.2, 0.25) is 0 Å². The number of benzene rings is 3. The number of nitrogens with one attached hydrogen (secondary N) is 2. The molecule has 0 aliphatic carbocycles. The highest BCUT2D eigenvalue weighted by atomic mass is 127. The minimum absolute atomic E-state index is 0.0822. The van der Waals surface area contributed by atoms with Crippen LogP contribution < -0.4 is 15.3 Å². The van der Waals surface area contributed by atoms with E-state index >= 15 is 0 Å². The monoisotopic (exact) mass is 487 g/mol. The molecule has 28 heavy (non-hydrogen) atoms. The van der Waals surface area contributed by atoms with Crippen LogP contribution in [0.15, 0.2) is 59.0 Å². The number of methoxy groups -OCH3 is 1. The zero-order chi connectivity index (χ0) is 19.7. The van der Waals surface area contributed by atoms with Gasteiger partial charge in [0.05, 0.1) is 10.7 Å². The third kappa shape index (κ3) is 3.40. The lowest BCUT2D eigenvalue weighted by molar-refractivity contribution is -0.503. The summed E-state index contributed by atoms with van der Waals surface area (Å²) >= 11 is 2.01. The topological polar surface area (TPSA) is 85.7 Å². The minimum atomic E-state index is -0.392. The molecule has 0 saturated carbocycles. The molecule has 0 radical (unpaired) electrons. The number of hydrogen-bond acceptors (Lipinski definition) is 4. The number of hydrazone groups is 1. The molecule has 1 aromatic heterocycles. The maximum Gasteiger partial charge on any atom is 0.340 e. The van der Waals surface area contributed by atoms with Crippen molar-refractivity contribution in [3.8, 4) is 11.5 Å². The smallest absolute Gasteiger partial charge is 0.340 e. The van der Waals surface area contributed by atoms with Crippen molar-refractivity contribution in [1.82, 2.24) is 5.43 Å². The number of phenols is 1. The molecule has 3 N–H and O–H groups in total. The predicted molar refractivity (Wildman–Crippen MR) is 115 cm³/mol. The van der Waals surface area contributed by atoms with E-state index < -0.39 is 5.91 Å². The number of carbonyl (C=O) groups is 1. The molecule has 4 aromatic rings. The highest BCUT2D eigenvalue weighted by Crippen LogP contribution is 2.31. The van der Waals surface area contributed by atoms with Crippen LogP contribution in [-0.2, 0) is 0 Å². The fourth-order valence-corrected chi connectivity index (χ4v) is 3.61. The Morgan fingerprint density at radius 3 is 2.82 bits per heavy atom. The Labute approximate surface area is 173 Å². The number of halogens is 1. The van der Waals surface area contributed by atoms with Gasteiger partial charge in [0.15, 0.2) is 23.5 Å². The Bertz CT molecular complexity index is 1230. The number of carbonyl (C=O) groups excluding carboxylic acids is 1. The number of hydrazine groups is 1. The molecular formula is C21H16IN2O4+. The van der Waals surface area contributed by atoms with E-state index in [1.807, 2.05) is 59.0 Å². The lowest BCUT2D eigenvalue weighted by Gasteiger charge is -2.05. The highest BCUT2D eigenvalue weighted by Gasteiger charge is 2.15. The molecule has 3 aromatic carbocycles. The third-order valence-corrected chi connectivity index (χ3v) is 5.17. The largest absolute Gasteiger partial charge is 0.504 e. The lowest BCUT2D eigenvalue weighted by atomic mass is 10.1. The van der Waals surface area contributed by atoms with E-state index in [0.717, 1.165) is 21.7 Å². The summed E-state index contributed by atoms with van der Waals surface area (Å²) in [6.07, 6.45) is 1.60. The van der Waals surface area contributed by atoms with Crippen LogP contribution in [0.4, 0.5) is 0 Å². The third-order valence-electron chi connectivity index (χ3n) is 4.35. The summed E-state index contributed by atoms with van der Waals surface area (Å²) in [7, 11) is 1.48. The molecule has 0 saturated heterocycles. The first kappa shape index (κ1) is 18.3. The van der Waals surface area contributed by atoms with Gasteiger partial charge in [-0.15, -0.1) is 10.5 Å². The quantitative estimate of drug-likeness (QED) is 0.235. The Morgan fingerprint density at radius 1 is 1.18 bits per heavy atom. The zero-order valence-electron chi connectivity index (χ0n) is 14.8.